The molecule has 1 rings (SSSR count). The first-order valence-electron chi connectivity index (χ1n) is 5.47. The molecule has 1 fully saturated rings. The summed E-state index contributed by atoms with van der Waals surface area (Å²) in [6, 6.07) is 0. The first kappa shape index (κ1) is 11.9. The molecule has 1 aliphatic heterocycles. The number of hydrogen-bond donors (Lipinski definition) is 0. The summed E-state index contributed by atoms with van der Waals surface area (Å²) in [5, 5.41) is 0. The summed E-state index contributed by atoms with van der Waals surface area (Å²) < 4.78 is 24.6. The Hall–Kier alpha value is -0.150. The maximum Gasteiger partial charge on any atom is 0.160 e. The minimum atomic E-state index is -0.851. The summed E-state index contributed by atoms with van der Waals surface area (Å²) in [5.41, 5.74) is 0. The standard InChI is InChI=1S/C11H21FO2/c1-5-8-7(3)10(12)9(6-2)14-11(8)13-4/h7-11H,5-6H2,1-4H3/t7-,8-,9-,10-,11+/m1/s1. The van der Waals surface area contributed by atoms with E-state index in [1.165, 1.54) is 0 Å². The monoisotopic (exact) mass is 204 g/mol. The van der Waals surface area contributed by atoms with Crippen molar-refractivity contribution in [2.75, 3.05) is 7.11 Å². The fourth-order valence-electron chi connectivity index (χ4n) is 2.29. The van der Waals surface area contributed by atoms with Crippen molar-refractivity contribution in [2.45, 2.75) is 52.2 Å². The predicted octanol–water partition coefficient (Wildman–Crippen LogP) is 2.77. The van der Waals surface area contributed by atoms with Gasteiger partial charge in [0, 0.05) is 13.0 Å². The highest BCUT2D eigenvalue weighted by Gasteiger charge is 2.42. The quantitative estimate of drug-likeness (QED) is 0.703. The highest BCUT2D eigenvalue weighted by Crippen LogP contribution is 2.36. The van der Waals surface area contributed by atoms with Gasteiger partial charge in [-0.15, -0.1) is 0 Å². The second kappa shape index (κ2) is 5.08. The average Bonchev–Trinajstić information content (AvgIpc) is 2.21. The largest absolute Gasteiger partial charge is 0.356 e. The molecule has 0 amide bonds. The van der Waals surface area contributed by atoms with E-state index in [2.05, 4.69) is 6.92 Å². The van der Waals surface area contributed by atoms with E-state index in [4.69, 9.17) is 9.47 Å². The molecule has 0 unspecified atom stereocenters. The molecule has 1 saturated heterocycles. The summed E-state index contributed by atoms with van der Waals surface area (Å²) in [6.45, 7) is 5.95. The second-order valence-electron chi connectivity index (χ2n) is 4.06. The molecular weight excluding hydrogens is 183 g/mol. The zero-order valence-electron chi connectivity index (χ0n) is 9.50. The molecule has 0 saturated carbocycles. The Kier molecular flexibility index (Phi) is 4.32. The minimum Gasteiger partial charge on any atom is -0.356 e. The molecule has 1 heterocycles. The lowest BCUT2D eigenvalue weighted by molar-refractivity contribution is -0.246. The van der Waals surface area contributed by atoms with Gasteiger partial charge < -0.3 is 9.47 Å². The van der Waals surface area contributed by atoms with E-state index in [1.54, 1.807) is 7.11 Å². The zero-order chi connectivity index (χ0) is 10.7. The molecule has 84 valence electrons. The van der Waals surface area contributed by atoms with Gasteiger partial charge in [-0.25, -0.2) is 4.39 Å². The molecule has 0 aromatic heterocycles. The molecule has 0 aromatic rings. The van der Waals surface area contributed by atoms with E-state index < -0.39 is 6.17 Å². The van der Waals surface area contributed by atoms with Gasteiger partial charge in [-0.3, -0.25) is 0 Å². The second-order valence-corrected chi connectivity index (χ2v) is 4.06. The van der Waals surface area contributed by atoms with Crippen LogP contribution in [0.3, 0.4) is 0 Å². The third-order valence-electron chi connectivity index (χ3n) is 3.30. The number of hydrogen-bond acceptors (Lipinski definition) is 2. The third kappa shape index (κ3) is 2.09. The van der Waals surface area contributed by atoms with Gasteiger partial charge in [0.15, 0.2) is 6.29 Å². The lowest BCUT2D eigenvalue weighted by Crippen LogP contribution is -2.48. The number of halogens is 1. The summed E-state index contributed by atoms with van der Waals surface area (Å²) in [7, 11) is 1.63. The zero-order valence-corrected chi connectivity index (χ0v) is 9.50. The SMILES string of the molecule is CC[C@H]1[C@@H](OC)O[C@H](CC)[C@H](F)[C@@H]1C. The molecular formula is C11H21FO2. The van der Waals surface area contributed by atoms with Crippen LogP contribution in [0.15, 0.2) is 0 Å². The molecule has 0 radical (unpaired) electrons. The summed E-state index contributed by atoms with van der Waals surface area (Å²) in [6.07, 6.45) is 0.235. The highest BCUT2D eigenvalue weighted by atomic mass is 19.1. The van der Waals surface area contributed by atoms with Crippen LogP contribution in [0.1, 0.15) is 33.6 Å². The molecule has 0 aliphatic carbocycles. The van der Waals surface area contributed by atoms with Crippen molar-refractivity contribution in [3.05, 3.63) is 0 Å². The maximum atomic E-state index is 13.8. The van der Waals surface area contributed by atoms with Crippen LogP contribution >= 0.6 is 0 Å². The van der Waals surface area contributed by atoms with Crippen LogP contribution < -0.4 is 0 Å². The Morgan fingerprint density at radius 2 is 1.93 bits per heavy atom. The first-order chi connectivity index (χ1) is 6.65. The molecule has 2 nitrogen and oxygen atoms in total. The number of rotatable bonds is 3. The number of alkyl halides is 1. The van der Waals surface area contributed by atoms with Crippen molar-refractivity contribution in [3.63, 3.8) is 0 Å². The first-order valence-corrected chi connectivity index (χ1v) is 5.47. The van der Waals surface area contributed by atoms with Crippen LogP contribution in [0.2, 0.25) is 0 Å². The summed E-state index contributed by atoms with van der Waals surface area (Å²) >= 11 is 0. The molecule has 0 aromatic carbocycles. The van der Waals surface area contributed by atoms with Crippen LogP contribution in [0, 0.1) is 11.8 Å². The van der Waals surface area contributed by atoms with Gasteiger partial charge in [0.05, 0.1) is 6.10 Å². The predicted molar refractivity (Wildman–Crippen MR) is 53.8 cm³/mol. The van der Waals surface area contributed by atoms with Gasteiger partial charge in [0.1, 0.15) is 6.17 Å². The number of ether oxygens (including phenoxy) is 2. The molecule has 0 spiro atoms. The van der Waals surface area contributed by atoms with Crippen molar-refractivity contribution >= 4 is 0 Å². The van der Waals surface area contributed by atoms with Gasteiger partial charge in [0.2, 0.25) is 0 Å². The Morgan fingerprint density at radius 3 is 2.36 bits per heavy atom. The minimum absolute atomic E-state index is 0.0312. The maximum absolute atomic E-state index is 13.8. The van der Waals surface area contributed by atoms with Crippen molar-refractivity contribution in [1.82, 2.24) is 0 Å². The molecule has 1 aliphatic rings. The van der Waals surface area contributed by atoms with E-state index >= 15 is 0 Å². The van der Waals surface area contributed by atoms with Crippen molar-refractivity contribution in [3.8, 4) is 0 Å². The van der Waals surface area contributed by atoms with Gasteiger partial charge in [-0.2, -0.15) is 0 Å². The van der Waals surface area contributed by atoms with Crippen LogP contribution in [0.5, 0.6) is 0 Å². The van der Waals surface area contributed by atoms with Crippen molar-refractivity contribution in [1.29, 1.82) is 0 Å². The van der Waals surface area contributed by atoms with E-state index in [0.717, 1.165) is 6.42 Å². The van der Waals surface area contributed by atoms with Crippen LogP contribution in [-0.2, 0) is 9.47 Å². The van der Waals surface area contributed by atoms with Crippen LogP contribution in [-0.4, -0.2) is 25.7 Å². The van der Waals surface area contributed by atoms with E-state index in [1.807, 2.05) is 13.8 Å². The van der Waals surface area contributed by atoms with Gasteiger partial charge in [0.25, 0.3) is 0 Å². The molecule has 0 N–H and O–H groups in total. The Morgan fingerprint density at radius 1 is 1.29 bits per heavy atom. The lowest BCUT2D eigenvalue weighted by atomic mass is 9.82. The molecule has 0 bridgehead atoms. The fourth-order valence-corrected chi connectivity index (χ4v) is 2.29. The number of methoxy groups -OCH3 is 1. The van der Waals surface area contributed by atoms with Crippen molar-refractivity contribution in [2.24, 2.45) is 11.8 Å². The molecule has 14 heavy (non-hydrogen) atoms. The van der Waals surface area contributed by atoms with Crippen molar-refractivity contribution < 1.29 is 13.9 Å². The van der Waals surface area contributed by atoms with Gasteiger partial charge in [-0.1, -0.05) is 20.8 Å². The lowest BCUT2D eigenvalue weighted by Gasteiger charge is -2.41. The van der Waals surface area contributed by atoms with E-state index in [0.29, 0.717) is 6.42 Å². The fraction of sp³-hybridized carbons (Fsp3) is 1.00. The van der Waals surface area contributed by atoms with E-state index in [9.17, 15) is 4.39 Å². The van der Waals surface area contributed by atoms with Gasteiger partial charge >= 0.3 is 0 Å². The smallest absolute Gasteiger partial charge is 0.160 e. The molecule has 3 heteroatoms. The topological polar surface area (TPSA) is 18.5 Å². The third-order valence-corrected chi connectivity index (χ3v) is 3.30. The summed E-state index contributed by atoms with van der Waals surface area (Å²) in [4.78, 5) is 0. The van der Waals surface area contributed by atoms with Crippen LogP contribution in [0.4, 0.5) is 4.39 Å². The van der Waals surface area contributed by atoms with E-state index in [-0.39, 0.29) is 24.2 Å². The van der Waals surface area contributed by atoms with Crippen LogP contribution in [0.25, 0.3) is 0 Å². The highest BCUT2D eigenvalue weighted by molar-refractivity contribution is 4.85. The Labute approximate surface area is 85.8 Å². The Bertz CT molecular complexity index is 173. The van der Waals surface area contributed by atoms with Gasteiger partial charge in [-0.05, 0) is 18.8 Å². The average molecular weight is 204 g/mol. The Balaban J connectivity index is 2.71. The normalized spacial score (nSPS) is 43.9. The summed E-state index contributed by atoms with van der Waals surface area (Å²) in [5.74, 6) is 0.210. The molecule has 5 atom stereocenters.